The van der Waals surface area contributed by atoms with Crippen molar-refractivity contribution in [2.45, 2.75) is 25.2 Å². The highest BCUT2D eigenvalue weighted by Crippen LogP contribution is 2.40. The van der Waals surface area contributed by atoms with Crippen molar-refractivity contribution in [3.05, 3.63) is 53.1 Å². The Balaban J connectivity index is 1.90. The lowest BCUT2D eigenvalue weighted by Gasteiger charge is -2.17. The van der Waals surface area contributed by atoms with Crippen molar-refractivity contribution in [1.82, 2.24) is 0 Å². The van der Waals surface area contributed by atoms with Crippen LogP contribution in [0.5, 0.6) is 5.75 Å². The van der Waals surface area contributed by atoms with Gasteiger partial charge < -0.3 is 20.8 Å². The predicted molar refractivity (Wildman–Crippen MR) is 91.4 cm³/mol. The fourth-order valence-electron chi connectivity index (χ4n) is 3.24. The fraction of sp³-hybridized carbons (Fsp3) is 0.250. The molecular weight excluding hydrogens is 313 g/mol. The summed E-state index contributed by atoms with van der Waals surface area (Å²) in [5, 5.41) is 12.3. The number of benzene rings is 2. The SMILES string of the molecule is Nc1c(O)cc(NP(N)(=O)O)cc1CC1CCc2ccccc21. The van der Waals surface area contributed by atoms with Gasteiger partial charge >= 0.3 is 7.67 Å². The zero-order chi connectivity index (χ0) is 16.6. The Morgan fingerprint density at radius 3 is 2.78 bits per heavy atom. The molecule has 7 heteroatoms. The number of hydrogen-bond acceptors (Lipinski definition) is 3. The summed E-state index contributed by atoms with van der Waals surface area (Å²) in [6, 6.07) is 11.3. The van der Waals surface area contributed by atoms with E-state index in [1.54, 1.807) is 6.07 Å². The first-order valence-electron chi connectivity index (χ1n) is 7.42. The van der Waals surface area contributed by atoms with Gasteiger partial charge in [-0.25, -0.2) is 10.1 Å². The van der Waals surface area contributed by atoms with Crippen LogP contribution in [0, 0.1) is 0 Å². The molecule has 7 N–H and O–H groups in total. The Kier molecular flexibility index (Phi) is 4.06. The molecule has 0 amide bonds. The van der Waals surface area contributed by atoms with Crippen molar-refractivity contribution >= 4 is 19.0 Å². The highest BCUT2D eigenvalue weighted by Gasteiger charge is 2.24. The summed E-state index contributed by atoms with van der Waals surface area (Å²) in [7, 11) is -3.93. The third-order valence-electron chi connectivity index (χ3n) is 4.26. The van der Waals surface area contributed by atoms with E-state index in [4.69, 9.17) is 11.2 Å². The number of aromatic hydroxyl groups is 1. The van der Waals surface area contributed by atoms with Crippen LogP contribution in [0.1, 0.15) is 29.0 Å². The van der Waals surface area contributed by atoms with Gasteiger partial charge in [-0.1, -0.05) is 24.3 Å². The van der Waals surface area contributed by atoms with E-state index < -0.39 is 7.67 Å². The maximum Gasteiger partial charge on any atom is 0.360 e. The minimum Gasteiger partial charge on any atom is -0.506 e. The van der Waals surface area contributed by atoms with Crippen molar-refractivity contribution < 1.29 is 14.6 Å². The predicted octanol–water partition coefficient (Wildman–Crippen LogP) is 2.72. The summed E-state index contributed by atoms with van der Waals surface area (Å²) in [5.41, 5.74) is 15.1. The van der Waals surface area contributed by atoms with Crippen LogP contribution < -0.4 is 16.3 Å². The summed E-state index contributed by atoms with van der Waals surface area (Å²) >= 11 is 0. The number of nitrogen functional groups attached to an aromatic ring is 1. The number of fused-ring (bicyclic) bond motifs is 1. The number of phenols is 1. The summed E-state index contributed by atoms with van der Waals surface area (Å²) in [6.07, 6.45) is 2.71. The summed E-state index contributed by atoms with van der Waals surface area (Å²) < 4.78 is 11.3. The molecule has 0 aromatic heterocycles. The molecule has 1 aliphatic carbocycles. The van der Waals surface area contributed by atoms with Crippen molar-refractivity contribution in [3.63, 3.8) is 0 Å². The number of nitrogens with two attached hydrogens (primary N) is 2. The average Bonchev–Trinajstić information content (AvgIpc) is 2.86. The Morgan fingerprint density at radius 2 is 2.04 bits per heavy atom. The Morgan fingerprint density at radius 1 is 1.30 bits per heavy atom. The molecule has 2 aromatic carbocycles. The molecular formula is C16H20N3O3P. The Bertz CT molecular complexity index is 788. The van der Waals surface area contributed by atoms with Crippen LogP contribution in [0.4, 0.5) is 11.4 Å². The van der Waals surface area contributed by atoms with E-state index in [-0.39, 0.29) is 11.4 Å². The van der Waals surface area contributed by atoms with E-state index in [0.29, 0.717) is 18.0 Å². The fourth-order valence-corrected chi connectivity index (χ4v) is 3.74. The lowest BCUT2D eigenvalue weighted by Crippen LogP contribution is -2.07. The van der Waals surface area contributed by atoms with Crippen LogP contribution in [-0.2, 0) is 17.4 Å². The minimum absolute atomic E-state index is 0.121. The van der Waals surface area contributed by atoms with Gasteiger partial charge in [0, 0.05) is 11.8 Å². The molecule has 0 saturated carbocycles. The standard InChI is InChI=1S/C16H20N3O3P/c17-16-12(8-13(9-15(16)20)19-23(18,21)22)7-11-6-5-10-3-1-2-4-14(10)11/h1-4,8-9,11,20H,5-7,17H2,(H4,18,19,21,22). The molecule has 0 spiro atoms. The number of phenolic OH excluding ortho intramolecular Hbond substituents is 1. The van der Waals surface area contributed by atoms with Gasteiger partial charge in [0.05, 0.1) is 5.69 Å². The van der Waals surface area contributed by atoms with E-state index >= 15 is 0 Å². The van der Waals surface area contributed by atoms with Gasteiger partial charge in [-0.2, -0.15) is 0 Å². The number of nitrogens with one attached hydrogen (secondary N) is 1. The largest absolute Gasteiger partial charge is 0.506 e. The molecule has 0 heterocycles. The van der Waals surface area contributed by atoms with Gasteiger partial charge in [-0.15, -0.1) is 0 Å². The third kappa shape index (κ3) is 3.50. The van der Waals surface area contributed by atoms with E-state index in [9.17, 15) is 14.6 Å². The van der Waals surface area contributed by atoms with Gasteiger partial charge in [-0.3, -0.25) is 0 Å². The molecule has 2 unspecified atom stereocenters. The van der Waals surface area contributed by atoms with Gasteiger partial charge in [0.15, 0.2) is 0 Å². The van der Waals surface area contributed by atoms with Gasteiger partial charge in [-0.05, 0) is 47.9 Å². The monoisotopic (exact) mass is 333 g/mol. The van der Waals surface area contributed by atoms with Crippen LogP contribution in [0.3, 0.4) is 0 Å². The first-order chi connectivity index (χ1) is 10.8. The van der Waals surface area contributed by atoms with Crippen molar-refractivity contribution in [2.24, 2.45) is 5.50 Å². The number of rotatable bonds is 4. The van der Waals surface area contributed by atoms with Gasteiger partial charge in [0.2, 0.25) is 0 Å². The smallest absolute Gasteiger partial charge is 0.360 e. The molecule has 2 atom stereocenters. The maximum absolute atomic E-state index is 11.3. The third-order valence-corrected chi connectivity index (χ3v) is 4.84. The first-order valence-corrected chi connectivity index (χ1v) is 9.15. The number of aryl methyl sites for hydroxylation is 1. The average molecular weight is 333 g/mol. The number of hydrogen-bond donors (Lipinski definition) is 5. The zero-order valence-corrected chi connectivity index (χ0v) is 13.5. The lowest BCUT2D eigenvalue weighted by atomic mass is 9.92. The number of anilines is 2. The molecule has 0 bridgehead atoms. The van der Waals surface area contributed by atoms with Crippen LogP contribution in [0.25, 0.3) is 0 Å². The van der Waals surface area contributed by atoms with Crippen LogP contribution in [-0.4, -0.2) is 10.00 Å². The van der Waals surface area contributed by atoms with Gasteiger partial charge in [0.25, 0.3) is 0 Å². The van der Waals surface area contributed by atoms with Crippen LogP contribution in [0.15, 0.2) is 36.4 Å². The molecule has 0 saturated heterocycles. The van der Waals surface area contributed by atoms with Gasteiger partial charge in [0.1, 0.15) is 5.75 Å². The first kappa shape index (κ1) is 15.9. The zero-order valence-electron chi connectivity index (χ0n) is 12.6. The quantitative estimate of drug-likeness (QED) is 0.333. The second-order valence-corrected chi connectivity index (χ2v) is 7.41. The molecule has 0 radical (unpaired) electrons. The summed E-state index contributed by atoms with van der Waals surface area (Å²) in [5.74, 6) is 0.201. The van der Waals surface area contributed by atoms with Crippen molar-refractivity contribution in [2.75, 3.05) is 10.8 Å². The molecule has 1 aliphatic rings. The molecule has 0 fully saturated rings. The Hall–Kier alpha value is -2.01. The van der Waals surface area contributed by atoms with Crippen molar-refractivity contribution in [3.8, 4) is 5.75 Å². The second kappa shape index (κ2) is 5.89. The molecule has 0 aliphatic heterocycles. The lowest BCUT2D eigenvalue weighted by molar-refractivity contribution is 0.477. The molecule has 6 nitrogen and oxygen atoms in total. The maximum atomic E-state index is 11.3. The topological polar surface area (TPSA) is 122 Å². The highest BCUT2D eigenvalue weighted by atomic mass is 31.2. The van der Waals surface area contributed by atoms with Crippen LogP contribution in [0.2, 0.25) is 0 Å². The molecule has 23 heavy (non-hydrogen) atoms. The molecule has 3 rings (SSSR count). The van der Waals surface area contributed by atoms with E-state index in [2.05, 4.69) is 17.2 Å². The summed E-state index contributed by atoms with van der Waals surface area (Å²) in [6.45, 7) is 0. The van der Waals surface area contributed by atoms with E-state index in [1.165, 1.54) is 17.2 Å². The van der Waals surface area contributed by atoms with E-state index in [0.717, 1.165) is 18.4 Å². The van der Waals surface area contributed by atoms with Crippen LogP contribution >= 0.6 is 7.67 Å². The Labute approximate surface area is 134 Å². The van der Waals surface area contributed by atoms with E-state index in [1.807, 2.05) is 12.1 Å². The minimum atomic E-state index is -3.93. The molecule has 2 aromatic rings. The van der Waals surface area contributed by atoms with Crippen molar-refractivity contribution in [1.29, 1.82) is 0 Å². The normalized spacial score (nSPS) is 19.1. The summed E-state index contributed by atoms with van der Waals surface area (Å²) in [4.78, 5) is 9.25. The molecule has 122 valence electrons. The second-order valence-electron chi connectivity index (χ2n) is 5.94. The highest BCUT2D eigenvalue weighted by molar-refractivity contribution is 7.57.